The second-order valence-electron chi connectivity index (χ2n) is 6.41. The van der Waals surface area contributed by atoms with E-state index in [9.17, 15) is 4.79 Å². The number of hydrogen-bond acceptors (Lipinski definition) is 2. The molecule has 120 valence electrons. The highest BCUT2D eigenvalue weighted by Gasteiger charge is 2.33. The fourth-order valence-electron chi connectivity index (χ4n) is 3.00. The van der Waals surface area contributed by atoms with Crippen LogP contribution >= 0.6 is 0 Å². The van der Waals surface area contributed by atoms with Crippen LogP contribution in [0.25, 0.3) is 0 Å². The third-order valence-electron chi connectivity index (χ3n) is 4.60. The van der Waals surface area contributed by atoms with E-state index in [1.807, 2.05) is 11.9 Å². The SMILES string of the molecule is CCC[C@H](C(=O)N(C)[C@@H]([C@@H](C)CC)[C@@H](C)OC)C(C)C. The Morgan fingerprint density at radius 3 is 2.05 bits per heavy atom. The average molecular weight is 285 g/mol. The maximum absolute atomic E-state index is 12.8. The molecule has 0 aliphatic heterocycles. The summed E-state index contributed by atoms with van der Waals surface area (Å²) in [6.45, 7) is 12.9. The third-order valence-corrected chi connectivity index (χ3v) is 4.60. The van der Waals surface area contributed by atoms with E-state index < -0.39 is 0 Å². The zero-order chi connectivity index (χ0) is 15.9. The molecule has 0 aromatic heterocycles. The van der Waals surface area contributed by atoms with Crippen LogP contribution in [0.2, 0.25) is 0 Å². The van der Waals surface area contributed by atoms with Gasteiger partial charge in [0.05, 0.1) is 12.1 Å². The highest BCUT2D eigenvalue weighted by molar-refractivity contribution is 5.79. The molecule has 1 amide bonds. The number of hydrogen-bond donors (Lipinski definition) is 0. The van der Waals surface area contributed by atoms with Crippen LogP contribution in [-0.2, 0) is 9.53 Å². The van der Waals surface area contributed by atoms with E-state index in [1.54, 1.807) is 7.11 Å². The lowest BCUT2D eigenvalue weighted by Crippen LogP contribution is -2.50. The monoisotopic (exact) mass is 285 g/mol. The number of methoxy groups -OCH3 is 1. The molecule has 0 N–H and O–H groups in total. The minimum atomic E-state index is 0.0633. The summed E-state index contributed by atoms with van der Waals surface area (Å²) < 4.78 is 5.51. The first-order chi connectivity index (χ1) is 9.31. The first-order valence-corrected chi connectivity index (χ1v) is 8.11. The van der Waals surface area contributed by atoms with Crippen LogP contribution < -0.4 is 0 Å². The summed E-state index contributed by atoms with van der Waals surface area (Å²) >= 11 is 0. The van der Waals surface area contributed by atoms with Crippen molar-refractivity contribution in [3.8, 4) is 0 Å². The number of carbonyl (C=O) groups is 1. The van der Waals surface area contributed by atoms with E-state index in [-0.39, 0.29) is 24.0 Å². The van der Waals surface area contributed by atoms with E-state index in [2.05, 4.69) is 41.5 Å². The van der Waals surface area contributed by atoms with Gasteiger partial charge in [-0.1, -0.05) is 47.5 Å². The van der Waals surface area contributed by atoms with Crippen molar-refractivity contribution < 1.29 is 9.53 Å². The Balaban J connectivity index is 5.12. The lowest BCUT2D eigenvalue weighted by Gasteiger charge is -2.38. The molecule has 0 aromatic carbocycles. The van der Waals surface area contributed by atoms with Gasteiger partial charge in [-0.3, -0.25) is 4.79 Å². The number of rotatable bonds is 9. The van der Waals surface area contributed by atoms with Gasteiger partial charge in [0.1, 0.15) is 0 Å². The molecule has 0 aliphatic carbocycles. The van der Waals surface area contributed by atoms with Crippen LogP contribution in [0.3, 0.4) is 0 Å². The minimum Gasteiger partial charge on any atom is -0.380 e. The van der Waals surface area contributed by atoms with Crippen molar-refractivity contribution in [1.82, 2.24) is 4.90 Å². The molecule has 0 saturated heterocycles. The van der Waals surface area contributed by atoms with Crippen molar-refractivity contribution in [2.75, 3.05) is 14.2 Å². The fraction of sp³-hybridized carbons (Fsp3) is 0.941. The average Bonchev–Trinajstić information content (AvgIpc) is 2.42. The fourth-order valence-corrected chi connectivity index (χ4v) is 3.00. The molecule has 20 heavy (non-hydrogen) atoms. The molecular formula is C17H35NO2. The molecule has 3 nitrogen and oxygen atoms in total. The smallest absolute Gasteiger partial charge is 0.226 e. The molecule has 0 heterocycles. The maximum atomic E-state index is 12.8. The molecule has 3 heteroatoms. The molecule has 0 unspecified atom stereocenters. The Bertz CT molecular complexity index is 268. The molecule has 0 aliphatic rings. The third kappa shape index (κ3) is 5.08. The lowest BCUT2D eigenvalue weighted by atomic mass is 9.87. The predicted octanol–water partition coefficient (Wildman–Crippen LogP) is 3.97. The molecule has 0 rings (SSSR count). The van der Waals surface area contributed by atoms with Crippen molar-refractivity contribution in [2.45, 2.75) is 73.0 Å². The number of ether oxygens (including phenoxy) is 1. The van der Waals surface area contributed by atoms with Gasteiger partial charge in [-0.25, -0.2) is 0 Å². The number of amides is 1. The van der Waals surface area contributed by atoms with Gasteiger partial charge in [0, 0.05) is 20.1 Å². The van der Waals surface area contributed by atoms with Crippen LogP contribution in [0.1, 0.15) is 60.8 Å². The van der Waals surface area contributed by atoms with Crippen molar-refractivity contribution in [3.05, 3.63) is 0 Å². The highest BCUT2D eigenvalue weighted by atomic mass is 16.5. The van der Waals surface area contributed by atoms with E-state index in [4.69, 9.17) is 4.74 Å². The summed E-state index contributed by atoms with van der Waals surface area (Å²) in [5, 5.41) is 0. The molecule has 0 saturated carbocycles. The number of likely N-dealkylation sites (N-methyl/N-ethyl adjacent to an activating group) is 1. The van der Waals surface area contributed by atoms with Gasteiger partial charge in [0.2, 0.25) is 5.91 Å². The molecule has 0 bridgehead atoms. The van der Waals surface area contributed by atoms with Crippen molar-refractivity contribution in [2.24, 2.45) is 17.8 Å². The van der Waals surface area contributed by atoms with Crippen molar-refractivity contribution >= 4 is 5.91 Å². The minimum absolute atomic E-state index is 0.0633. The summed E-state index contributed by atoms with van der Waals surface area (Å²) in [7, 11) is 3.67. The van der Waals surface area contributed by atoms with Crippen LogP contribution in [-0.4, -0.2) is 37.1 Å². The highest BCUT2D eigenvalue weighted by Crippen LogP contribution is 2.25. The first-order valence-electron chi connectivity index (χ1n) is 8.11. The topological polar surface area (TPSA) is 29.5 Å². The zero-order valence-electron chi connectivity index (χ0n) is 14.8. The van der Waals surface area contributed by atoms with Gasteiger partial charge >= 0.3 is 0 Å². The van der Waals surface area contributed by atoms with Crippen LogP contribution in [0.15, 0.2) is 0 Å². The molecule has 0 aromatic rings. The van der Waals surface area contributed by atoms with Gasteiger partial charge in [0.15, 0.2) is 0 Å². The Kier molecular flexibility index (Phi) is 9.11. The van der Waals surface area contributed by atoms with Gasteiger partial charge in [-0.2, -0.15) is 0 Å². The number of nitrogens with zero attached hydrogens (tertiary/aromatic N) is 1. The molecule has 0 fully saturated rings. The van der Waals surface area contributed by atoms with Gasteiger partial charge in [-0.15, -0.1) is 0 Å². The van der Waals surface area contributed by atoms with Crippen molar-refractivity contribution in [1.29, 1.82) is 0 Å². The second-order valence-corrected chi connectivity index (χ2v) is 6.41. The van der Waals surface area contributed by atoms with Gasteiger partial charge < -0.3 is 9.64 Å². The van der Waals surface area contributed by atoms with Crippen LogP contribution in [0, 0.1) is 17.8 Å². The van der Waals surface area contributed by atoms with Crippen LogP contribution in [0.4, 0.5) is 0 Å². The standard InChI is InChI=1S/C17H35NO2/c1-9-11-15(12(3)4)17(19)18(7)16(13(5)10-2)14(6)20-8/h12-16H,9-11H2,1-8H3/t13-,14+,15-,16-/m0/s1. The first kappa shape index (κ1) is 19.4. The molecule has 4 atom stereocenters. The quantitative estimate of drug-likeness (QED) is 0.641. The normalized spacial score (nSPS) is 17.6. The Morgan fingerprint density at radius 2 is 1.70 bits per heavy atom. The van der Waals surface area contributed by atoms with E-state index in [0.717, 1.165) is 19.3 Å². The summed E-state index contributed by atoms with van der Waals surface area (Å²) in [6, 6.07) is 0.149. The van der Waals surface area contributed by atoms with Gasteiger partial charge in [0.25, 0.3) is 0 Å². The summed E-state index contributed by atoms with van der Waals surface area (Å²) in [4.78, 5) is 14.8. The van der Waals surface area contributed by atoms with E-state index in [1.165, 1.54) is 0 Å². The van der Waals surface area contributed by atoms with E-state index >= 15 is 0 Å². The molecule has 0 radical (unpaired) electrons. The largest absolute Gasteiger partial charge is 0.380 e. The van der Waals surface area contributed by atoms with E-state index in [0.29, 0.717) is 11.8 Å². The summed E-state index contributed by atoms with van der Waals surface area (Å²) in [5.74, 6) is 1.23. The van der Waals surface area contributed by atoms with Crippen LogP contribution in [0.5, 0.6) is 0 Å². The number of carbonyl (C=O) groups excluding carboxylic acids is 1. The predicted molar refractivity (Wildman–Crippen MR) is 85.7 cm³/mol. The lowest BCUT2D eigenvalue weighted by molar-refractivity contribution is -0.142. The maximum Gasteiger partial charge on any atom is 0.226 e. The zero-order valence-corrected chi connectivity index (χ0v) is 14.8. The Morgan fingerprint density at radius 1 is 1.15 bits per heavy atom. The van der Waals surface area contributed by atoms with Gasteiger partial charge in [-0.05, 0) is 25.2 Å². The summed E-state index contributed by atoms with van der Waals surface area (Å²) in [5.41, 5.74) is 0. The Labute approximate surface area is 126 Å². The second kappa shape index (κ2) is 9.38. The molecular weight excluding hydrogens is 250 g/mol. The molecule has 0 spiro atoms. The summed E-state index contributed by atoms with van der Waals surface area (Å²) in [6.07, 6.45) is 3.13. The Hall–Kier alpha value is -0.570. The van der Waals surface area contributed by atoms with Crippen molar-refractivity contribution in [3.63, 3.8) is 0 Å².